The van der Waals surface area contributed by atoms with Gasteiger partial charge in [0.2, 0.25) is 0 Å². The smallest absolute Gasteiger partial charge is 0.317 e. The van der Waals surface area contributed by atoms with E-state index in [4.69, 9.17) is 9.84 Å². The summed E-state index contributed by atoms with van der Waals surface area (Å²) in [6.07, 6.45) is 0.824. The van der Waals surface area contributed by atoms with E-state index in [0.29, 0.717) is 13.2 Å². The summed E-state index contributed by atoms with van der Waals surface area (Å²) in [5.41, 5.74) is 1.20. The molecule has 106 valence electrons. The molecule has 0 saturated carbocycles. The third kappa shape index (κ3) is 6.18. The van der Waals surface area contributed by atoms with Crippen LogP contribution in [-0.4, -0.2) is 48.8 Å². The topological polar surface area (TPSA) is 49.8 Å². The Labute approximate surface area is 122 Å². The second kappa shape index (κ2) is 8.30. The molecule has 0 aliphatic heterocycles. The number of rotatable bonds is 8. The van der Waals surface area contributed by atoms with E-state index in [1.165, 1.54) is 5.56 Å². The van der Waals surface area contributed by atoms with Crippen LogP contribution < -0.4 is 0 Å². The predicted octanol–water partition coefficient (Wildman–Crippen LogP) is 2.41. The van der Waals surface area contributed by atoms with Gasteiger partial charge in [-0.1, -0.05) is 28.1 Å². The van der Waals surface area contributed by atoms with Crippen LogP contribution in [0.15, 0.2) is 28.7 Å². The lowest BCUT2D eigenvalue weighted by molar-refractivity contribution is -0.139. The quantitative estimate of drug-likeness (QED) is 0.795. The molecule has 0 amide bonds. The molecule has 1 atom stereocenters. The van der Waals surface area contributed by atoms with E-state index in [2.05, 4.69) is 28.1 Å². The summed E-state index contributed by atoms with van der Waals surface area (Å²) >= 11 is 3.40. The molecule has 5 heteroatoms. The van der Waals surface area contributed by atoms with Crippen LogP contribution in [0.5, 0.6) is 0 Å². The average Bonchev–Trinajstić information content (AvgIpc) is 2.36. The van der Waals surface area contributed by atoms with Gasteiger partial charge in [-0.15, -0.1) is 0 Å². The van der Waals surface area contributed by atoms with Crippen molar-refractivity contribution in [1.82, 2.24) is 4.90 Å². The average molecular weight is 330 g/mol. The minimum absolute atomic E-state index is 0.0427. The van der Waals surface area contributed by atoms with Gasteiger partial charge in [-0.25, -0.2) is 0 Å². The Hall–Kier alpha value is -0.910. The zero-order valence-corrected chi connectivity index (χ0v) is 12.9. The van der Waals surface area contributed by atoms with E-state index >= 15 is 0 Å². The molecule has 1 unspecified atom stereocenters. The van der Waals surface area contributed by atoms with Crippen molar-refractivity contribution in [2.45, 2.75) is 19.4 Å². The standard InChI is InChI=1S/C14H20BrNO3/c1-11(9-12-3-5-13(15)6-4-12)16(7-8-19-2)10-14(17)18/h3-6,11H,7-10H2,1-2H3,(H,17,18). The summed E-state index contributed by atoms with van der Waals surface area (Å²) in [5, 5.41) is 8.95. The largest absolute Gasteiger partial charge is 0.480 e. The third-order valence-electron chi connectivity index (χ3n) is 2.99. The molecule has 1 aromatic carbocycles. The molecule has 1 aromatic rings. The maximum atomic E-state index is 10.9. The molecule has 0 heterocycles. The predicted molar refractivity (Wildman–Crippen MR) is 78.4 cm³/mol. The Morgan fingerprint density at radius 3 is 2.58 bits per heavy atom. The van der Waals surface area contributed by atoms with E-state index in [9.17, 15) is 4.79 Å². The Kier molecular flexibility index (Phi) is 7.05. The number of hydrogen-bond acceptors (Lipinski definition) is 3. The van der Waals surface area contributed by atoms with Crippen LogP contribution >= 0.6 is 15.9 Å². The number of carboxylic acid groups (broad SMARTS) is 1. The van der Waals surface area contributed by atoms with Gasteiger partial charge in [0.25, 0.3) is 0 Å². The number of nitrogens with zero attached hydrogens (tertiary/aromatic N) is 1. The van der Waals surface area contributed by atoms with E-state index < -0.39 is 5.97 Å². The number of ether oxygens (including phenoxy) is 1. The van der Waals surface area contributed by atoms with Gasteiger partial charge >= 0.3 is 5.97 Å². The Morgan fingerprint density at radius 2 is 2.05 bits per heavy atom. The van der Waals surface area contributed by atoms with Gasteiger partial charge in [-0.2, -0.15) is 0 Å². The zero-order chi connectivity index (χ0) is 14.3. The molecule has 0 aliphatic carbocycles. The van der Waals surface area contributed by atoms with Crippen molar-refractivity contribution in [3.05, 3.63) is 34.3 Å². The van der Waals surface area contributed by atoms with Crippen LogP contribution in [0.4, 0.5) is 0 Å². The summed E-state index contributed by atoms with van der Waals surface area (Å²) in [6, 6.07) is 8.26. The van der Waals surface area contributed by atoms with Gasteiger partial charge in [0.15, 0.2) is 0 Å². The number of halogens is 1. The Balaban J connectivity index is 2.61. The highest BCUT2D eigenvalue weighted by molar-refractivity contribution is 9.10. The number of benzene rings is 1. The molecule has 19 heavy (non-hydrogen) atoms. The molecule has 0 saturated heterocycles. The monoisotopic (exact) mass is 329 g/mol. The van der Waals surface area contributed by atoms with Gasteiger partial charge in [0.05, 0.1) is 13.2 Å². The minimum Gasteiger partial charge on any atom is -0.480 e. The van der Waals surface area contributed by atoms with Crippen LogP contribution in [0.1, 0.15) is 12.5 Å². The number of aliphatic carboxylic acids is 1. The molecule has 0 bridgehead atoms. The first-order chi connectivity index (χ1) is 9.02. The van der Waals surface area contributed by atoms with Crippen LogP contribution in [-0.2, 0) is 16.0 Å². The normalized spacial score (nSPS) is 12.6. The lowest BCUT2D eigenvalue weighted by atomic mass is 10.1. The van der Waals surface area contributed by atoms with Crippen molar-refractivity contribution in [3.8, 4) is 0 Å². The Morgan fingerprint density at radius 1 is 1.42 bits per heavy atom. The van der Waals surface area contributed by atoms with Crippen molar-refractivity contribution in [1.29, 1.82) is 0 Å². The van der Waals surface area contributed by atoms with Crippen molar-refractivity contribution in [3.63, 3.8) is 0 Å². The molecular weight excluding hydrogens is 310 g/mol. The van der Waals surface area contributed by atoms with Crippen molar-refractivity contribution in [2.75, 3.05) is 26.8 Å². The van der Waals surface area contributed by atoms with E-state index in [-0.39, 0.29) is 12.6 Å². The second-order valence-corrected chi connectivity index (χ2v) is 5.45. The third-order valence-corrected chi connectivity index (χ3v) is 3.52. The van der Waals surface area contributed by atoms with Gasteiger partial charge in [0.1, 0.15) is 0 Å². The van der Waals surface area contributed by atoms with Gasteiger partial charge in [-0.05, 0) is 31.0 Å². The number of methoxy groups -OCH3 is 1. The lowest BCUT2D eigenvalue weighted by Crippen LogP contribution is -2.40. The first-order valence-electron chi connectivity index (χ1n) is 6.22. The minimum atomic E-state index is -0.807. The number of hydrogen-bond donors (Lipinski definition) is 1. The highest BCUT2D eigenvalue weighted by Crippen LogP contribution is 2.13. The fourth-order valence-electron chi connectivity index (χ4n) is 1.93. The molecule has 1 N–H and O–H groups in total. The SMILES string of the molecule is COCCN(CC(=O)O)C(C)Cc1ccc(Br)cc1. The van der Waals surface area contributed by atoms with Crippen LogP contribution in [0.3, 0.4) is 0 Å². The first kappa shape index (κ1) is 16.1. The van der Waals surface area contributed by atoms with E-state index in [1.807, 2.05) is 24.0 Å². The van der Waals surface area contributed by atoms with Crippen molar-refractivity contribution in [2.24, 2.45) is 0 Å². The van der Waals surface area contributed by atoms with Crippen LogP contribution in [0.25, 0.3) is 0 Å². The molecule has 0 aliphatic rings. The lowest BCUT2D eigenvalue weighted by Gasteiger charge is -2.27. The maximum absolute atomic E-state index is 10.9. The maximum Gasteiger partial charge on any atom is 0.317 e. The molecule has 1 rings (SSSR count). The summed E-state index contributed by atoms with van der Waals surface area (Å²) < 4.78 is 6.08. The summed E-state index contributed by atoms with van der Waals surface area (Å²) in [6.45, 7) is 3.25. The van der Waals surface area contributed by atoms with Crippen molar-refractivity contribution < 1.29 is 14.6 Å². The first-order valence-corrected chi connectivity index (χ1v) is 7.01. The van der Waals surface area contributed by atoms with Gasteiger partial charge < -0.3 is 9.84 Å². The van der Waals surface area contributed by atoms with Crippen LogP contribution in [0.2, 0.25) is 0 Å². The number of carbonyl (C=O) groups is 1. The summed E-state index contributed by atoms with van der Waals surface area (Å²) in [4.78, 5) is 12.8. The Bertz CT molecular complexity index is 394. The zero-order valence-electron chi connectivity index (χ0n) is 11.3. The summed E-state index contributed by atoms with van der Waals surface area (Å²) in [5.74, 6) is -0.807. The van der Waals surface area contributed by atoms with Crippen molar-refractivity contribution >= 4 is 21.9 Å². The molecule has 0 spiro atoms. The van der Waals surface area contributed by atoms with Gasteiger partial charge in [-0.3, -0.25) is 9.69 Å². The summed E-state index contributed by atoms with van der Waals surface area (Å²) in [7, 11) is 1.62. The fourth-order valence-corrected chi connectivity index (χ4v) is 2.19. The molecule has 4 nitrogen and oxygen atoms in total. The fraction of sp³-hybridized carbons (Fsp3) is 0.500. The molecular formula is C14H20BrNO3. The van der Waals surface area contributed by atoms with Crippen LogP contribution in [0, 0.1) is 0 Å². The van der Waals surface area contributed by atoms with Gasteiger partial charge in [0, 0.05) is 24.2 Å². The molecule has 0 aromatic heterocycles. The molecule has 0 fully saturated rings. The molecule has 0 radical (unpaired) electrons. The van der Waals surface area contributed by atoms with E-state index in [1.54, 1.807) is 7.11 Å². The van der Waals surface area contributed by atoms with E-state index in [0.717, 1.165) is 10.9 Å². The highest BCUT2D eigenvalue weighted by Gasteiger charge is 2.16. The second-order valence-electron chi connectivity index (χ2n) is 4.54. The highest BCUT2D eigenvalue weighted by atomic mass is 79.9. The number of carboxylic acids is 1.